The average molecular weight is 289 g/mol. The number of carbonyl (C=O) groups is 1. The van der Waals surface area contributed by atoms with E-state index >= 15 is 0 Å². The van der Waals surface area contributed by atoms with Crippen molar-refractivity contribution in [2.24, 2.45) is 0 Å². The first-order valence-electron chi connectivity index (χ1n) is 6.36. The quantitative estimate of drug-likeness (QED) is 0.722. The highest BCUT2D eigenvalue weighted by Crippen LogP contribution is 2.21. The monoisotopic (exact) mass is 288 g/mol. The van der Waals surface area contributed by atoms with Crippen molar-refractivity contribution in [1.29, 1.82) is 0 Å². The molecule has 0 fully saturated rings. The molecule has 3 nitrogen and oxygen atoms in total. The van der Waals surface area contributed by atoms with Gasteiger partial charge in [0.25, 0.3) is 0 Å². The number of thiophene rings is 1. The Morgan fingerprint density at radius 3 is 2.89 bits per heavy atom. The maximum atomic E-state index is 11.6. The van der Waals surface area contributed by atoms with Crippen LogP contribution >= 0.6 is 22.9 Å². The number of nitrogens with one attached hydrogen (secondary N) is 2. The zero-order chi connectivity index (χ0) is 13.4. The normalized spacial score (nSPS) is 12.4. The van der Waals surface area contributed by atoms with Gasteiger partial charge in [0.2, 0.25) is 5.91 Å². The summed E-state index contributed by atoms with van der Waals surface area (Å²) < 4.78 is 0.816. The van der Waals surface area contributed by atoms with Gasteiger partial charge in [-0.2, -0.15) is 0 Å². The third-order valence-electron chi connectivity index (χ3n) is 2.59. The predicted molar refractivity (Wildman–Crippen MR) is 78.4 cm³/mol. The Morgan fingerprint density at radius 2 is 2.28 bits per heavy atom. The Morgan fingerprint density at radius 1 is 1.50 bits per heavy atom. The lowest BCUT2D eigenvalue weighted by molar-refractivity contribution is -0.120. The minimum atomic E-state index is 0.0696. The molecule has 1 heterocycles. The molecule has 0 aliphatic carbocycles. The van der Waals surface area contributed by atoms with Crippen LogP contribution in [0.25, 0.3) is 0 Å². The molecule has 0 saturated carbocycles. The van der Waals surface area contributed by atoms with Crippen LogP contribution in [-0.4, -0.2) is 25.0 Å². The first-order chi connectivity index (χ1) is 8.61. The van der Waals surface area contributed by atoms with Crippen molar-refractivity contribution in [3.05, 3.63) is 21.3 Å². The second-order valence-electron chi connectivity index (χ2n) is 4.39. The van der Waals surface area contributed by atoms with Crippen LogP contribution in [0.15, 0.2) is 12.1 Å². The Kier molecular flexibility index (Phi) is 7.32. The number of hydrogen-bond donors (Lipinski definition) is 2. The smallest absolute Gasteiger partial charge is 0.234 e. The summed E-state index contributed by atoms with van der Waals surface area (Å²) in [6.07, 6.45) is 3.03. The van der Waals surface area contributed by atoms with Crippen LogP contribution in [0.4, 0.5) is 0 Å². The maximum Gasteiger partial charge on any atom is 0.234 e. The fourth-order valence-electron chi connectivity index (χ4n) is 1.73. The van der Waals surface area contributed by atoms with Crippen molar-refractivity contribution >= 4 is 28.8 Å². The Balaban J connectivity index is 2.08. The summed E-state index contributed by atoms with van der Waals surface area (Å²) in [4.78, 5) is 12.8. The first-order valence-corrected chi connectivity index (χ1v) is 7.55. The van der Waals surface area contributed by atoms with Crippen LogP contribution < -0.4 is 10.6 Å². The fraction of sp³-hybridized carbons (Fsp3) is 0.615. The zero-order valence-corrected chi connectivity index (χ0v) is 12.5. The summed E-state index contributed by atoms with van der Waals surface area (Å²) in [5.74, 6) is 0.0696. The molecule has 1 rings (SSSR count). The average Bonchev–Trinajstić information content (AvgIpc) is 2.71. The maximum absolute atomic E-state index is 11.6. The molecule has 1 unspecified atom stereocenters. The minimum Gasteiger partial charge on any atom is -0.353 e. The van der Waals surface area contributed by atoms with E-state index < -0.39 is 0 Å². The molecular weight excluding hydrogens is 268 g/mol. The van der Waals surface area contributed by atoms with Crippen LogP contribution in [0.3, 0.4) is 0 Å². The summed E-state index contributed by atoms with van der Waals surface area (Å²) in [7, 11) is 0. The van der Waals surface area contributed by atoms with Gasteiger partial charge >= 0.3 is 0 Å². The summed E-state index contributed by atoms with van der Waals surface area (Å²) in [6.45, 7) is 5.34. The van der Waals surface area contributed by atoms with E-state index in [1.807, 2.05) is 19.1 Å². The lowest BCUT2D eigenvalue weighted by Gasteiger charge is -2.12. The van der Waals surface area contributed by atoms with E-state index in [9.17, 15) is 4.79 Å². The molecule has 102 valence electrons. The van der Waals surface area contributed by atoms with Crippen molar-refractivity contribution in [3.63, 3.8) is 0 Å². The molecule has 0 aromatic carbocycles. The SMILES string of the molecule is CCCC(C)NC(=O)CNCCc1ccc(Cl)s1. The van der Waals surface area contributed by atoms with Gasteiger partial charge in [-0.1, -0.05) is 24.9 Å². The van der Waals surface area contributed by atoms with Crippen LogP contribution in [0, 0.1) is 0 Å². The van der Waals surface area contributed by atoms with Gasteiger partial charge in [0.15, 0.2) is 0 Å². The molecule has 1 aromatic rings. The van der Waals surface area contributed by atoms with Crippen LogP contribution in [0.2, 0.25) is 4.34 Å². The molecule has 1 amide bonds. The van der Waals surface area contributed by atoms with Gasteiger partial charge in [-0.05, 0) is 31.9 Å². The highest BCUT2D eigenvalue weighted by molar-refractivity contribution is 7.16. The number of rotatable bonds is 8. The largest absolute Gasteiger partial charge is 0.353 e. The molecule has 18 heavy (non-hydrogen) atoms. The Labute approximate surface area is 118 Å². The van der Waals surface area contributed by atoms with Gasteiger partial charge in [-0.15, -0.1) is 11.3 Å². The second kappa shape index (κ2) is 8.51. The third kappa shape index (κ3) is 6.38. The topological polar surface area (TPSA) is 41.1 Å². The molecule has 0 radical (unpaired) electrons. The summed E-state index contributed by atoms with van der Waals surface area (Å²) >= 11 is 7.43. The third-order valence-corrected chi connectivity index (χ3v) is 3.88. The van der Waals surface area contributed by atoms with E-state index in [1.165, 1.54) is 4.88 Å². The van der Waals surface area contributed by atoms with Gasteiger partial charge < -0.3 is 10.6 Å². The summed E-state index contributed by atoms with van der Waals surface area (Å²) in [6, 6.07) is 4.19. The Bertz CT molecular complexity index is 368. The Hall–Kier alpha value is -0.580. The highest BCUT2D eigenvalue weighted by Gasteiger charge is 2.05. The standard InChI is InChI=1S/C13H21ClN2OS/c1-3-4-10(2)16-13(17)9-15-8-7-11-5-6-12(14)18-11/h5-6,10,15H,3-4,7-9H2,1-2H3,(H,16,17). The molecule has 1 atom stereocenters. The van der Waals surface area contributed by atoms with Crippen molar-refractivity contribution in [2.75, 3.05) is 13.1 Å². The van der Waals surface area contributed by atoms with E-state index in [1.54, 1.807) is 11.3 Å². The number of amides is 1. The zero-order valence-electron chi connectivity index (χ0n) is 11.0. The molecule has 0 aliphatic heterocycles. The number of halogens is 1. The molecule has 1 aromatic heterocycles. The lowest BCUT2D eigenvalue weighted by Crippen LogP contribution is -2.39. The number of hydrogen-bond acceptors (Lipinski definition) is 3. The summed E-state index contributed by atoms with van der Waals surface area (Å²) in [5, 5.41) is 6.11. The van der Waals surface area contributed by atoms with Crippen molar-refractivity contribution in [1.82, 2.24) is 10.6 Å². The lowest BCUT2D eigenvalue weighted by atomic mass is 10.2. The summed E-state index contributed by atoms with van der Waals surface area (Å²) in [5.41, 5.74) is 0. The van der Waals surface area contributed by atoms with Crippen LogP contribution in [-0.2, 0) is 11.2 Å². The van der Waals surface area contributed by atoms with Crippen LogP contribution in [0.5, 0.6) is 0 Å². The van der Waals surface area contributed by atoms with Gasteiger partial charge in [-0.3, -0.25) is 4.79 Å². The second-order valence-corrected chi connectivity index (χ2v) is 6.19. The van der Waals surface area contributed by atoms with Gasteiger partial charge in [0.1, 0.15) is 0 Å². The number of carbonyl (C=O) groups excluding carboxylic acids is 1. The fourth-order valence-corrected chi connectivity index (χ4v) is 2.82. The molecule has 5 heteroatoms. The molecule has 0 aliphatic rings. The van der Waals surface area contributed by atoms with Crippen molar-refractivity contribution in [3.8, 4) is 0 Å². The first kappa shape index (κ1) is 15.5. The van der Waals surface area contributed by atoms with Crippen molar-refractivity contribution < 1.29 is 4.79 Å². The van der Waals surface area contributed by atoms with E-state index in [0.29, 0.717) is 6.54 Å². The molecule has 0 saturated heterocycles. The van der Waals surface area contributed by atoms with E-state index in [-0.39, 0.29) is 11.9 Å². The molecule has 2 N–H and O–H groups in total. The highest BCUT2D eigenvalue weighted by atomic mass is 35.5. The van der Waals surface area contributed by atoms with Gasteiger partial charge in [0, 0.05) is 17.5 Å². The minimum absolute atomic E-state index is 0.0696. The van der Waals surface area contributed by atoms with Crippen LogP contribution in [0.1, 0.15) is 31.6 Å². The van der Waals surface area contributed by atoms with E-state index in [0.717, 1.165) is 30.1 Å². The van der Waals surface area contributed by atoms with Gasteiger partial charge in [-0.25, -0.2) is 0 Å². The molecule has 0 bridgehead atoms. The van der Waals surface area contributed by atoms with E-state index in [2.05, 4.69) is 17.6 Å². The van der Waals surface area contributed by atoms with Gasteiger partial charge in [0.05, 0.1) is 10.9 Å². The van der Waals surface area contributed by atoms with E-state index in [4.69, 9.17) is 11.6 Å². The molecular formula is C13H21ClN2OS. The predicted octanol–water partition coefficient (Wildman–Crippen LogP) is 2.84. The molecule has 0 spiro atoms. The van der Waals surface area contributed by atoms with Crippen molar-refractivity contribution in [2.45, 2.75) is 39.2 Å².